The third-order valence-corrected chi connectivity index (χ3v) is 1.72. The SMILES string of the molecule is C=CC(Cl)[P+](=O)O. The van der Waals surface area contributed by atoms with E-state index in [9.17, 15) is 4.57 Å². The molecule has 0 aliphatic rings. The molecular weight excluding hydrogens is 134 g/mol. The van der Waals surface area contributed by atoms with Crippen LogP contribution >= 0.6 is 19.6 Å². The molecular formula is C3H5ClO2P+. The lowest BCUT2D eigenvalue weighted by Gasteiger charge is -1.75. The fourth-order valence-corrected chi connectivity index (χ4v) is 0.271. The van der Waals surface area contributed by atoms with Gasteiger partial charge >= 0.3 is 8.03 Å². The maximum atomic E-state index is 9.88. The lowest BCUT2D eigenvalue weighted by atomic mass is 10.8. The second kappa shape index (κ2) is 3.14. The molecule has 0 saturated heterocycles. The summed E-state index contributed by atoms with van der Waals surface area (Å²) in [5.74, 6) is 0. The average molecular weight is 139 g/mol. The molecule has 0 rings (SSSR count). The maximum Gasteiger partial charge on any atom is 0.529 e. The van der Waals surface area contributed by atoms with Crippen molar-refractivity contribution in [2.45, 2.75) is 5.12 Å². The number of alkyl halides is 1. The minimum absolute atomic E-state index is 0.796. The molecule has 0 bridgehead atoms. The first-order chi connectivity index (χ1) is 3.18. The summed E-state index contributed by atoms with van der Waals surface area (Å²) in [4.78, 5) is 8.13. The van der Waals surface area contributed by atoms with Crippen molar-refractivity contribution in [3.05, 3.63) is 12.7 Å². The monoisotopic (exact) mass is 139 g/mol. The van der Waals surface area contributed by atoms with Crippen LogP contribution in [0.4, 0.5) is 0 Å². The van der Waals surface area contributed by atoms with Crippen LogP contribution in [-0.4, -0.2) is 10.0 Å². The van der Waals surface area contributed by atoms with Gasteiger partial charge in [0.1, 0.15) is 0 Å². The van der Waals surface area contributed by atoms with Gasteiger partial charge in [0.05, 0.1) is 0 Å². The molecule has 2 nitrogen and oxygen atoms in total. The highest BCUT2D eigenvalue weighted by Crippen LogP contribution is 2.25. The molecule has 2 unspecified atom stereocenters. The van der Waals surface area contributed by atoms with Crippen LogP contribution in [0.5, 0.6) is 0 Å². The van der Waals surface area contributed by atoms with Gasteiger partial charge in [-0.3, -0.25) is 0 Å². The predicted octanol–water partition coefficient (Wildman–Crippen LogP) is 1.47. The molecule has 0 aliphatic heterocycles. The van der Waals surface area contributed by atoms with E-state index in [1.807, 2.05) is 0 Å². The van der Waals surface area contributed by atoms with Gasteiger partial charge in [0, 0.05) is 0 Å². The minimum atomic E-state index is -2.26. The summed E-state index contributed by atoms with van der Waals surface area (Å²) in [5, 5.41) is -0.796. The summed E-state index contributed by atoms with van der Waals surface area (Å²) in [6, 6.07) is 0. The summed E-state index contributed by atoms with van der Waals surface area (Å²) in [6.07, 6.45) is 1.22. The van der Waals surface area contributed by atoms with Crippen molar-refractivity contribution in [2.24, 2.45) is 0 Å². The Kier molecular flexibility index (Phi) is 3.18. The van der Waals surface area contributed by atoms with Crippen molar-refractivity contribution in [3.8, 4) is 0 Å². The van der Waals surface area contributed by atoms with E-state index in [1.54, 1.807) is 0 Å². The van der Waals surface area contributed by atoms with E-state index in [1.165, 1.54) is 6.08 Å². The van der Waals surface area contributed by atoms with Gasteiger partial charge in [0.15, 0.2) is 0 Å². The Hall–Kier alpha value is 0.0900. The fourth-order valence-electron chi connectivity index (χ4n) is 0.0902. The van der Waals surface area contributed by atoms with Crippen LogP contribution in [0.1, 0.15) is 0 Å². The predicted molar refractivity (Wildman–Crippen MR) is 29.7 cm³/mol. The summed E-state index contributed by atoms with van der Waals surface area (Å²) in [5.41, 5.74) is 0. The molecule has 0 spiro atoms. The first-order valence-corrected chi connectivity index (χ1v) is 3.32. The quantitative estimate of drug-likeness (QED) is 0.357. The van der Waals surface area contributed by atoms with Gasteiger partial charge in [0.2, 0.25) is 0 Å². The first kappa shape index (κ1) is 7.09. The minimum Gasteiger partial charge on any atom is -0.159 e. The molecule has 0 saturated carbocycles. The van der Waals surface area contributed by atoms with Crippen LogP contribution in [0.15, 0.2) is 12.7 Å². The molecule has 0 aromatic heterocycles. The molecule has 1 N–H and O–H groups in total. The van der Waals surface area contributed by atoms with E-state index >= 15 is 0 Å². The van der Waals surface area contributed by atoms with Crippen LogP contribution in [-0.2, 0) is 4.57 Å². The van der Waals surface area contributed by atoms with Crippen LogP contribution in [0, 0.1) is 0 Å². The van der Waals surface area contributed by atoms with Crippen molar-refractivity contribution in [1.29, 1.82) is 0 Å². The smallest absolute Gasteiger partial charge is 0.159 e. The molecule has 0 radical (unpaired) electrons. The van der Waals surface area contributed by atoms with Gasteiger partial charge in [-0.15, -0.1) is 0 Å². The standard InChI is InChI=1S/C3H4ClO2P/c1-2-3(4)7(5)6/h2-3H,1H2/p+1. The lowest BCUT2D eigenvalue weighted by molar-refractivity contribution is 0.503. The van der Waals surface area contributed by atoms with Crippen LogP contribution < -0.4 is 0 Å². The molecule has 0 fully saturated rings. The summed E-state index contributed by atoms with van der Waals surface area (Å²) < 4.78 is 9.88. The first-order valence-electron chi connectivity index (χ1n) is 1.60. The van der Waals surface area contributed by atoms with Crippen molar-refractivity contribution in [1.82, 2.24) is 0 Å². The molecule has 0 aliphatic carbocycles. The Labute approximate surface area is 47.7 Å². The van der Waals surface area contributed by atoms with Gasteiger partial charge in [-0.25, -0.2) is 0 Å². The normalized spacial score (nSPS) is 15.4. The molecule has 0 heterocycles. The highest BCUT2D eigenvalue weighted by molar-refractivity contribution is 7.41. The Morgan fingerprint density at radius 3 is 2.43 bits per heavy atom. The van der Waals surface area contributed by atoms with E-state index in [-0.39, 0.29) is 0 Å². The zero-order valence-corrected chi connectivity index (χ0v) is 5.19. The second-order valence-electron chi connectivity index (χ2n) is 0.911. The zero-order valence-electron chi connectivity index (χ0n) is 3.54. The Balaban J connectivity index is 3.55. The van der Waals surface area contributed by atoms with Crippen LogP contribution in [0.25, 0.3) is 0 Å². The summed E-state index contributed by atoms with van der Waals surface area (Å²) in [7, 11) is -2.26. The number of rotatable bonds is 2. The Morgan fingerprint density at radius 1 is 2.00 bits per heavy atom. The zero-order chi connectivity index (χ0) is 5.86. The largest absolute Gasteiger partial charge is 0.529 e. The summed E-state index contributed by atoms with van der Waals surface area (Å²) >= 11 is 5.15. The van der Waals surface area contributed by atoms with Crippen molar-refractivity contribution < 1.29 is 9.46 Å². The molecule has 7 heavy (non-hydrogen) atoms. The van der Waals surface area contributed by atoms with E-state index < -0.39 is 13.1 Å². The average Bonchev–Trinajstić information content (AvgIpc) is 1.65. The molecule has 40 valence electrons. The number of hydrogen-bond donors (Lipinski definition) is 1. The number of halogens is 1. The fraction of sp³-hybridized carbons (Fsp3) is 0.333. The molecule has 0 aromatic carbocycles. The third-order valence-electron chi connectivity index (χ3n) is 0.406. The van der Waals surface area contributed by atoms with E-state index in [2.05, 4.69) is 6.58 Å². The topological polar surface area (TPSA) is 37.3 Å². The van der Waals surface area contributed by atoms with Gasteiger partial charge in [0.25, 0.3) is 5.12 Å². The van der Waals surface area contributed by atoms with Crippen molar-refractivity contribution in [2.75, 3.05) is 0 Å². The van der Waals surface area contributed by atoms with Crippen molar-refractivity contribution in [3.63, 3.8) is 0 Å². The van der Waals surface area contributed by atoms with Gasteiger partial charge in [-0.1, -0.05) is 18.2 Å². The van der Waals surface area contributed by atoms with E-state index in [4.69, 9.17) is 16.5 Å². The Bertz CT molecular complexity index is 92.9. The highest BCUT2D eigenvalue weighted by Gasteiger charge is 2.20. The second-order valence-corrected chi connectivity index (χ2v) is 2.85. The van der Waals surface area contributed by atoms with Gasteiger partial charge in [-0.05, 0) is 10.6 Å². The third kappa shape index (κ3) is 2.75. The van der Waals surface area contributed by atoms with Crippen LogP contribution in [0.3, 0.4) is 0 Å². The molecule has 4 heteroatoms. The summed E-state index contributed by atoms with van der Waals surface area (Å²) in [6.45, 7) is 3.21. The maximum absolute atomic E-state index is 9.88. The molecule has 0 amide bonds. The van der Waals surface area contributed by atoms with E-state index in [0.29, 0.717) is 0 Å². The number of hydrogen-bond acceptors (Lipinski definition) is 1. The van der Waals surface area contributed by atoms with Gasteiger partial charge < -0.3 is 0 Å². The van der Waals surface area contributed by atoms with E-state index in [0.717, 1.165) is 0 Å². The number of allylic oxidation sites excluding steroid dienone is 1. The lowest BCUT2D eigenvalue weighted by Crippen LogP contribution is -1.79. The highest BCUT2D eigenvalue weighted by atomic mass is 35.5. The van der Waals surface area contributed by atoms with Gasteiger partial charge in [-0.2, -0.15) is 4.89 Å². The Morgan fingerprint density at radius 2 is 2.43 bits per heavy atom. The molecule has 2 atom stereocenters. The van der Waals surface area contributed by atoms with Crippen LogP contribution in [0.2, 0.25) is 0 Å². The van der Waals surface area contributed by atoms with Crippen molar-refractivity contribution >= 4 is 19.6 Å². The molecule has 0 aromatic rings.